The average molecular weight is 280 g/mol. The number of benzene rings is 1. The van der Waals surface area contributed by atoms with Gasteiger partial charge in [0.1, 0.15) is 5.82 Å². The zero-order valence-corrected chi connectivity index (χ0v) is 11.2. The number of anilines is 1. The van der Waals surface area contributed by atoms with E-state index in [1.807, 2.05) is 0 Å². The molecule has 108 valence electrons. The maximum atomic E-state index is 13.5. The van der Waals surface area contributed by atoms with Crippen LogP contribution in [-0.2, 0) is 4.79 Å². The first-order valence-electron chi connectivity index (χ1n) is 6.46. The Morgan fingerprint density at radius 1 is 1.40 bits per heavy atom. The number of carbonyl (C=O) groups excluding carboxylic acids is 1. The highest BCUT2D eigenvalue weighted by Crippen LogP contribution is 2.30. The summed E-state index contributed by atoms with van der Waals surface area (Å²) in [6.45, 7) is 2.23. The smallest absolute Gasteiger partial charge is 0.321 e. The Balaban J connectivity index is 2.06. The van der Waals surface area contributed by atoms with Crippen molar-refractivity contribution in [2.24, 2.45) is 5.41 Å². The fourth-order valence-corrected chi connectivity index (χ4v) is 2.34. The molecule has 1 unspecified atom stereocenters. The van der Waals surface area contributed by atoms with E-state index in [9.17, 15) is 19.1 Å². The summed E-state index contributed by atoms with van der Waals surface area (Å²) in [7, 11) is 0. The van der Waals surface area contributed by atoms with E-state index >= 15 is 0 Å². The van der Waals surface area contributed by atoms with Crippen LogP contribution in [0.15, 0.2) is 24.3 Å². The molecule has 20 heavy (non-hydrogen) atoms. The van der Waals surface area contributed by atoms with Gasteiger partial charge in [0.25, 0.3) is 0 Å². The number of amides is 2. The van der Waals surface area contributed by atoms with Crippen LogP contribution in [0.3, 0.4) is 0 Å². The van der Waals surface area contributed by atoms with Gasteiger partial charge >= 0.3 is 12.0 Å². The standard InChI is InChI=1S/C14H17FN2O3/c1-14(12(18)19)7-4-8-17(9-14)13(20)16-11-6-3-2-5-10(11)15/h2-3,5-6H,4,7-9H2,1H3,(H,16,20)(H,18,19). The molecule has 1 aliphatic heterocycles. The molecular formula is C14H17FN2O3. The third kappa shape index (κ3) is 2.89. The van der Waals surface area contributed by atoms with E-state index in [0.717, 1.165) is 0 Å². The van der Waals surface area contributed by atoms with Crippen molar-refractivity contribution in [3.63, 3.8) is 0 Å². The number of aliphatic carboxylic acids is 1. The molecule has 2 amide bonds. The van der Waals surface area contributed by atoms with Crippen molar-refractivity contribution >= 4 is 17.7 Å². The first-order chi connectivity index (χ1) is 9.42. The number of hydrogen-bond acceptors (Lipinski definition) is 2. The third-order valence-corrected chi connectivity index (χ3v) is 3.62. The fourth-order valence-electron chi connectivity index (χ4n) is 2.34. The number of hydrogen-bond donors (Lipinski definition) is 2. The van der Waals surface area contributed by atoms with E-state index in [4.69, 9.17) is 0 Å². The van der Waals surface area contributed by atoms with E-state index in [1.165, 1.54) is 23.1 Å². The lowest BCUT2D eigenvalue weighted by atomic mass is 9.82. The second-order valence-corrected chi connectivity index (χ2v) is 5.30. The molecule has 0 aromatic heterocycles. The molecule has 0 bridgehead atoms. The van der Waals surface area contributed by atoms with Crippen molar-refractivity contribution in [3.8, 4) is 0 Å². The highest BCUT2D eigenvalue weighted by atomic mass is 19.1. The number of urea groups is 1. The molecule has 0 aliphatic carbocycles. The van der Waals surface area contributed by atoms with Gasteiger partial charge in [-0.2, -0.15) is 0 Å². The molecule has 0 spiro atoms. The van der Waals surface area contributed by atoms with Gasteiger partial charge in [-0.1, -0.05) is 12.1 Å². The van der Waals surface area contributed by atoms with Crippen LogP contribution in [0.4, 0.5) is 14.9 Å². The predicted molar refractivity (Wildman–Crippen MR) is 72.0 cm³/mol. The zero-order chi connectivity index (χ0) is 14.8. The van der Waals surface area contributed by atoms with Crippen LogP contribution >= 0.6 is 0 Å². The summed E-state index contributed by atoms with van der Waals surface area (Å²) in [5, 5.41) is 11.7. The minimum absolute atomic E-state index is 0.0973. The number of carboxylic acid groups (broad SMARTS) is 1. The minimum atomic E-state index is -0.940. The zero-order valence-electron chi connectivity index (χ0n) is 11.2. The van der Waals surface area contributed by atoms with Gasteiger partial charge in [0, 0.05) is 13.1 Å². The lowest BCUT2D eigenvalue weighted by molar-refractivity contribution is -0.150. The lowest BCUT2D eigenvalue weighted by Crippen LogP contribution is -2.49. The van der Waals surface area contributed by atoms with Crippen molar-refractivity contribution < 1.29 is 19.1 Å². The van der Waals surface area contributed by atoms with Gasteiger partial charge < -0.3 is 15.3 Å². The summed E-state index contributed by atoms with van der Waals surface area (Å²) < 4.78 is 13.5. The number of para-hydroxylation sites is 1. The Hall–Kier alpha value is -2.11. The summed E-state index contributed by atoms with van der Waals surface area (Å²) in [5.41, 5.74) is -0.842. The largest absolute Gasteiger partial charge is 0.481 e. The molecule has 1 saturated heterocycles. The maximum absolute atomic E-state index is 13.5. The topological polar surface area (TPSA) is 69.6 Å². The summed E-state index contributed by atoms with van der Waals surface area (Å²) in [5.74, 6) is -1.43. The molecule has 6 heteroatoms. The molecule has 1 aliphatic rings. The molecule has 1 heterocycles. The molecular weight excluding hydrogens is 263 g/mol. The molecule has 1 atom stereocenters. The molecule has 0 radical (unpaired) electrons. The Labute approximate surface area is 116 Å². The fraction of sp³-hybridized carbons (Fsp3) is 0.429. The minimum Gasteiger partial charge on any atom is -0.481 e. The number of piperidine rings is 1. The van der Waals surface area contributed by atoms with Crippen molar-refractivity contribution in [1.82, 2.24) is 4.90 Å². The first kappa shape index (κ1) is 14.3. The first-order valence-corrected chi connectivity index (χ1v) is 6.46. The quantitative estimate of drug-likeness (QED) is 0.874. The molecule has 2 N–H and O–H groups in total. The highest BCUT2D eigenvalue weighted by molar-refractivity contribution is 5.90. The Kier molecular flexibility index (Phi) is 3.92. The second-order valence-electron chi connectivity index (χ2n) is 5.30. The van der Waals surface area contributed by atoms with Crippen molar-refractivity contribution in [2.75, 3.05) is 18.4 Å². The van der Waals surface area contributed by atoms with Gasteiger partial charge in [0.15, 0.2) is 0 Å². The molecule has 1 aromatic carbocycles. The van der Waals surface area contributed by atoms with Crippen LogP contribution in [0.1, 0.15) is 19.8 Å². The lowest BCUT2D eigenvalue weighted by Gasteiger charge is -2.37. The second kappa shape index (κ2) is 5.48. The van der Waals surface area contributed by atoms with Gasteiger partial charge in [0.2, 0.25) is 0 Å². The average Bonchev–Trinajstić information content (AvgIpc) is 2.41. The van der Waals surface area contributed by atoms with Crippen molar-refractivity contribution in [2.45, 2.75) is 19.8 Å². The van der Waals surface area contributed by atoms with Gasteiger partial charge in [0.05, 0.1) is 11.1 Å². The maximum Gasteiger partial charge on any atom is 0.321 e. The Morgan fingerprint density at radius 3 is 2.75 bits per heavy atom. The molecule has 2 rings (SSSR count). The monoisotopic (exact) mass is 280 g/mol. The number of nitrogens with zero attached hydrogens (tertiary/aromatic N) is 1. The Bertz CT molecular complexity index is 535. The molecule has 1 fully saturated rings. The van der Waals surface area contributed by atoms with Gasteiger partial charge in [-0.15, -0.1) is 0 Å². The van der Waals surface area contributed by atoms with E-state index in [2.05, 4.69) is 5.32 Å². The number of nitrogens with one attached hydrogen (secondary N) is 1. The van der Waals surface area contributed by atoms with Gasteiger partial charge in [-0.05, 0) is 31.9 Å². The number of halogens is 1. The van der Waals surface area contributed by atoms with Crippen LogP contribution in [0.2, 0.25) is 0 Å². The molecule has 0 saturated carbocycles. The number of likely N-dealkylation sites (tertiary alicyclic amines) is 1. The summed E-state index contributed by atoms with van der Waals surface area (Å²) in [6.07, 6.45) is 1.15. The summed E-state index contributed by atoms with van der Waals surface area (Å²) in [4.78, 5) is 24.7. The SMILES string of the molecule is CC1(C(=O)O)CCCN(C(=O)Nc2ccccc2F)C1. The summed E-state index contributed by atoms with van der Waals surface area (Å²) in [6, 6.07) is 5.41. The van der Waals surface area contributed by atoms with E-state index in [1.54, 1.807) is 13.0 Å². The molecule has 1 aromatic rings. The van der Waals surface area contributed by atoms with Gasteiger partial charge in [-0.3, -0.25) is 4.79 Å². The normalized spacial score (nSPS) is 22.4. The predicted octanol–water partition coefficient (Wildman–Crippen LogP) is 2.54. The van der Waals surface area contributed by atoms with Crippen LogP contribution < -0.4 is 5.32 Å². The molecule has 5 nitrogen and oxygen atoms in total. The van der Waals surface area contributed by atoms with E-state index in [0.29, 0.717) is 19.4 Å². The number of carboxylic acids is 1. The number of rotatable bonds is 2. The summed E-state index contributed by atoms with van der Waals surface area (Å²) >= 11 is 0. The van der Waals surface area contributed by atoms with E-state index < -0.39 is 23.2 Å². The number of carbonyl (C=O) groups is 2. The van der Waals surface area contributed by atoms with Crippen LogP contribution in [-0.4, -0.2) is 35.1 Å². The van der Waals surface area contributed by atoms with Crippen LogP contribution in [0.25, 0.3) is 0 Å². The highest BCUT2D eigenvalue weighted by Gasteiger charge is 2.39. The van der Waals surface area contributed by atoms with Crippen LogP contribution in [0.5, 0.6) is 0 Å². The third-order valence-electron chi connectivity index (χ3n) is 3.62. The van der Waals surface area contributed by atoms with Gasteiger partial charge in [-0.25, -0.2) is 9.18 Å². The Morgan fingerprint density at radius 2 is 2.10 bits per heavy atom. The van der Waals surface area contributed by atoms with E-state index in [-0.39, 0.29) is 12.2 Å². The van der Waals surface area contributed by atoms with Crippen LogP contribution in [0, 0.1) is 11.2 Å². The van der Waals surface area contributed by atoms with Crippen molar-refractivity contribution in [3.05, 3.63) is 30.1 Å². The van der Waals surface area contributed by atoms with Crippen molar-refractivity contribution in [1.29, 1.82) is 0 Å².